The van der Waals surface area contributed by atoms with Crippen LogP contribution < -0.4 is 0 Å². The molecule has 14 aromatic carbocycles. The van der Waals surface area contributed by atoms with Gasteiger partial charge >= 0.3 is 0 Å². The summed E-state index contributed by atoms with van der Waals surface area (Å²) in [5.74, 6) is 0. The van der Waals surface area contributed by atoms with E-state index in [1.54, 1.807) is 0 Å². The first-order valence-corrected chi connectivity index (χ1v) is 31.3. The quantitative estimate of drug-likeness (QED) is 0.153. The number of aryl methyl sites for hydroxylation is 2. The van der Waals surface area contributed by atoms with Gasteiger partial charge in [0, 0.05) is 79.4 Å². The van der Waals surface area contributed by atoms with Crippen molar-refractivity contribution in [2.45, 2.75) is 20.3 Å². The molecule has 1 aliphatic carbocycles. The number of halogens is 4. The first-order valence-electron chi connectivity index (χ1n) is 28.9. The molecule has 0 saturated heterocycles. The standard InChI is InChI=1S/C20H16ClN.C20H11ClO.C20H11ClS.C19H11ClO/c1-13-10-11-15-19(12-13)22(17-8-4-3-6-14(17)2)18-9-5-7-16(21)20(15)18;21-17-11-13-6-2-3-7-14(13)18-16-10-9-12-5-1-4-8-15(12)19(16)22-20(17)18;21-12-9-10-17-18(11-12)22-20-16-8-4-2-6-14(16)13-5-1-3-7-15(13)19(17)20;20-16-9-3-7-13-15-10-12-6-1-4-11-5-2-8-14(17(11)12)18(15)21-19(13)16/h3-12H,1-2H3;2*1-11H;1-3,5-10H,4H2. The smallest absolute Gasteiger partial charge is 0.154 e. The van der Waals surface area contributed by atoms with Gasteiger partial charge < -0.3 is 13.4 Å². The van der Waals surface area contributed by atoms with Crippen molar-refractivity contribution in [2.75, 3.05) is 0 Å². The summed E-state index contributed by atoms with van der Waals surface area (Å²) in [5, 5.41) is 24.7. The molecule has 4 aromatic heterocycles. The lowest BCUT2D eigenvalue weighted by Crippen LogP contribution is -1.96. The lowest BCUT2D eigenvalue weighted by atomic mass is 9.91. The Kier molecular flexibility index (Phi) is 13.1. The highest BCUT2D eigenvalue weighted by Gasteiger charge is 2.20. The predicted octanol–water partition coefficient (Wildman–Crippen LogP) is 25.6. The molecule has 0 bridgehead atoms. The maximum atomic E-state index is 6.50. The van der Waals surface area contributed by atoms with Gasteiger partial charge in [0.15, 0.2) is 11.2 Å². The van der Waals surface area contributed by atoms with E-state index in [9.17, 15) is 0 Å². The average molecular weight is 1220 g/mol. The molecule has 416 valence electrons. The van der Waals surface area contributed by atoms with Crippen LogP contribution in [-0.4, -0.2) is 4.57 Å². The van der Waals surface area contributed by atoms with Crippen LogP contribution in [0.15, 0.2) is 251 Å². The first-order chi connectivity index (χ1) is 42.6. The van der Waals surface area contributed by atoms with Gasteiger partial charge in [0.1, 0.15) is 11.2 Å². The summed E-state index contributed by atoms with van der Waals surface area (Å²) < 4.78 is 17.2. The van der Waals surface area contributed by atoms with Crippen molar-refractivity contribution in [1.29, 1.82) is 0 Å². The second-order valence-corrected chi connectivity index (χ2v) is 25.1. The number of allylic oxidation sites excluding steroid dienone is 1. The minimum absolute atomic E-state index is 0.661. The number of hydrogen-bond donors (Lipinski definition) is 0. The number of hydrogen-bond acceptors (Lipinski definition) is 3. The van der Waals surface area contributed by atoms with Gasteiger partial charge in [0.05, 0.1) is 26.1 Å². The second-order valence-electron chi connectivity index (χ2n) is 22.4. The van der Waals surface area contributed by atoms with E-state index in [2.05, 4.69) is 213 Å². The van der Waals surface area contributed by atoms with Gasteiger partial charge in [-0.05, 0) is 141 Å². The van der Waals surface area contributed by atoms with Crippen LogP contribution in [0.4, 0.5) is 0 Å². The van der Waals surface area contributed by atoms with Crippen LogP contribution in [0.1, 0.15) is 22.3 Å². The van der Waals surface area contributed by atoms with Crippen molar-refractivity contribution >= 4 is 204 Å². The average Bonchev–Trinajstić information content (AvgIpc) is 1.80. The maximum absolute atomic E-state index is 6.50. The molecule has 3 nitrogen and oxygen atoms in total. The topological polar surface area (TPSA) is 31.2 Å². The highest BCUT2D eigenvalue weighted by molar-refractivity contribution is 7.27. The second kappa shape index (κ2) is 21.4. The normalized spacial score (nSPS) is 12.2. The summed E-state index contributed by atoms with van der Waals surface area (Å²) >= 11 is 27.3. The highest BCUT2D eigenvalue weighted by atomic mass is 35.5. The molecule has 8 heteroatoms. The van der Waals surface area contributed by atoms with Crippen molar-refractivity contribution in [1.82, 2.24) is 4.57 Å². The van der Waals surface area contributed by atoms with Crippen LogP contribution in [0.25, 0.3) is 151 Å². The molecule has 0 unspecified atom stereocenters. The molecule has 0 saturated carbocycles. The summed E-state index contributed by atoms with van der Waals surface area (Å²) in [6, 6.07) is 82.1. The van der Waals surface area contributed by atoms with Gasteiger partial charge in [-0.2, -0.15) is 0 Å². The van der Waals surface area contributed by atoms with Gasteiger partial charge in [0.2, 0.25) is 0 Å². The number of para-hydroxylation sites is 2. The number of benzene rings is 14. The highest BCUT2D eigenvalue weighted by Crippen LogP contribution is 2.46. The molecule has 4 heterocycles. The Labute approximate surface area is 524 Å². The molecular weight excluding hydrogens is 1170 g/mol. The van der Waals surface area contributed by atoms with Crippen LogP contribution in [-0.2, 0) is 6.42 Å². The van der Waals surface area contributed by atoms with Gasteiger partial charge in [-0.15, -0.1) is 11.3 Å². The largest absolute Gasteiger partial charge is 0.454 e. The fourth-order valence-corrected chi connectivity index (χ4v) is 15.6. The van der Waals surface area contributed by atoms with Crippen LogP contribution in [0.5, 0.6) is 0 Å². The monoisotopic (exact) mass is 1220 g/mol. The molecule has 18 aromatic rings. The third-order valence-corrected chi connectivity index (χ3v) is 19.5. The summed E-state index contributed by atoms with van der Waals surface area (Å²) in [5.41, 5.74) is 12.1. The summed E-state index contributed by atoms with van der Waals surface area (Å²) in [6.45, 7) is 4.27. The van der Waals surface area contributed by atoms with Gasteiger partial charge in [-0.25, -0.2) is 0 Å². The summed E-state index contributed by atoms with van der Waals surface area (Å²) in [7, 11) is 0. The van der Waals surface area contributed by atoms with Gasteiger partial charge in [-0.3, -0.25) is 0 Å². The lowest BCUT2D eigenvalue weighted by Gasteiger charge is -2.12. The van der Waals surface area contributed by atoms with Crippen LogP contribution in [0, 0.1) is 13.8 Å². The zero-order chi connectivity index (χ0) is 58.6. The van der Waals surface area contributed by atoms with Crippen LogP contribution in [0.3, 0.4) is 0 Å². The van der Waals surface area contributed by atoms with E-state index in [-0.39, 0.29) is 0 Å². The Morgan fingerprint density at radius 3 is 1.85 bits per heavy atom. The van der Waals surface area contributed by atoms with E-state index < -0.39 is 0 Å². The molecule has 0 aliphatic heterocycles. The van der Waals surface area contributed by atoms with E-state index in [0.29, 0.717) is 10.0 Å². The van der Waals surface area contributed by atoms with Crippen molar-refractivity contribution in [2.24, 2.45) is 0 Å². The van der Waals surface area contributed by atoms with Crippen LogP contribution >= 0.6 is 57.7 Å². The fraction of sp³-hybridized carbons (Fsp3) is 0.0380. The molecule has 0 fully saturated rings. The minimum Gasteiger partial charge on any atom is -0.454 e. The Morgan fingerprint density at radius 1 is 0.379 bits per heavy atom. The fourth-order valence-electron chi connectivity index (χ4n) is 13.3. The molecule has 19 rings (SSSR count). The number of aromatic nitrogens is 1. The van der Waals surface area contributed by atoms with E-state index in [1.807, 2.05) is 65.9 Å². The van der Waals surface area contributed by atoms with E-state index in [0.717, 1.165) is 82.0 Å². The minimum atomic E-state index is 0.661. The molecular formula is C79H49Cl4NO2S. The van der Waals surface area contributed by atoms with Crippen molar-refractivity contribution in [3.05, 3.63) is 285 Å². The number of nitrogens with zero attached hydrogens (tertiary/aromatic N) is 1. The third-order valence-electron chi connectivity index (χ3n) is 17.2. The van der Waals surface area contributed by atoms with Crippen molar-refractivity contribution < 1.29 is 8.83 Å². The Morgan fingerprint density at radius 2 is 1.01 bits per heavy atom. The molecule has 0 radical (unpaired) electrons. The molecule has 1 aliphatic rings. The molecule has 0 atom stereocenters. The third kappa shape index (κ3) is 8.84. The molecule has 0 N–H and O–H groups in total. The number of thiophene rings is 1. The van der Waals surface area contributed by atoms with E-state index >= 15 is 0 Å². The zero-order valence-corrected chi connectivity index (χ0v) is 50.9. The van der Waals surface area contributed by atoms with Crippen molar-refractivity contribution in [3.63, 3.8) is 0 Å². The Hall–Kier alpha value is -9.10. The summed E-state index contributed by atoms with van der Waals surface area (Å²) in [6.07, 6.45) is 5.41. The Bertz CT molecular complexity index is 5900. The number of furan rings is 2. The number of rotatable bonds is 1. The zero-order valence-electron chi connectivity index (χ0n) is 47.1. The SMILES string of the molecule is Cc1ccc2c3c(Cl)cccc3n(-c3ccccc3C)c2c1.Clc1cc2ccccc2c2c1oc1c3ccccc3ccc12.Clc1ccc2c(c1)sc1c3ccccc3c3ccccc3c21.Clc1cccc2c1oc1c3cccc4c3c(cc21)C=CC4. The summed E-state index contributed by atoms with van der Waals surface area (Å²) in [4.78, 5) is 0. The van der Waals surface area contributed by atoms with Gasteiger partial charge in [-0.1, -0.05) is 234 Å². The lowest BCUT2D eigenvalue weighted by molar-refractivity contribution is 0.672. The first kappa shape index (κ1) is 53.4. The van der Waals surface area contributed by atoms with E-state index in [4.69, 9.17) is 55.2 Å². The van der Waals surface area contributed by atoms with Gasteiger partial charge in [0.25, 0.3) is 0 Å². The predicted molar refractivity (Wildman–Crippen MR) is 377 cm³/mol. The van der Waals surface area contributed by atoms with E-state index in [1.165, 1.54) is 102 Å². The molecule has 0 spiro atoms. The molecule has 0 amide bonds. The Balaban J connectivity index is 0.0000000938. The van der Waals surface area contributed by atoms with Crippen LogP contribution in [0.2, 0.25) is 20.1 Å². The maximum Gasteiger partial charge on any atom is 0.154 e. The molecule has 87 heavy (non-hydrogen) atoms. The number of fused-ring (bicyclic) bond motifs is 22. The van der Waals surface area contributed by atoms with Crippen molar-refractivity contribution in [3.8, 4) is 5.69 Å².